The molecule has 0 radical (unpaired) electrons. The molecule has 2 N–H and O–H groups in total. The van der Waals surface area contributed by atoms with E-state index in [1.54, 1.807) is 0 Å². The van der Waals surface area contributed by atoms with Gasteiger partial charge in [0, 0.05) is 43.6 Å². The molecule has 0 aliphatic carbocycles. The second kappa shape index (κ2) is 5.05. The predicted molar refractivity (Wildman–Crippen MR) is 77.3 cm³/mol. The van der Waals surface area contributed by atoms with Crippen molar-refractivity contribution in [2.45, 2.75) is 26.4 Å². The Morgan fingerprint density at radius 3 is 3.05 bits per heavy atom. The van der Waals surface area contributed by atoms with Gasteiger partial charge in [-0.25, -0.2) is 0 Å². The van der Waals surface area contributed by atoms with E-state index in [0.29, 0.717) is 0 Å². The van der Waals surface area contributed by atoms with E-state index < -0.39 is 0 Å². The quantitative estimate of drug-likeness (QED) is 0.879. The molecule has 100 valence electrons. The van der Waals surface area contributed by atoms with E-state index in [-0.39, 0.29) is 0 Å². The van der Waals surface area contributed by atoms with Crippen LogP contribution in [0.1, 0.15) is 22.4 Å². The van der Waals surface area contributed by atoms with E-state index in [1.807, 2.05) is 6.20 Å². The number of H-pyrrole nitrogens is 1. The topological polar surface area (TPSA) is 44.0 Å². The zero-order chi connectivity index (χ0) is 13.2. The molecule has 0 unspecified atom stereocenters. The van der Waals surface area contributed by atoms with E-state index in [9.17, 15) is 0 Å². The molecule has 0 amide bonds. The van der Waals surface area contributed by atoms with Gasteiger partial charge in [-0.15, -0.1) is 0 Å². The fourth-order valence-corrected chi connectivity index (χ4v) is 2.63. The average Bonchev–Trinajstić information content (AvgIpc) is 2.97. The number of aromatic amines is 1. The molecule has 1 aromatic heterocycles. The van der Waals surface area contributed by atoms with Gasteiger partial charge in [0.15, 0.2) is 0 Å². The van der Waals surface area contributed by atoms with Crippen molar-refractivity contribution < 1.29 is 0 Å². The molecule has 0 bridgehead atoms. The first kappa shape index (κ1) is 12.2. The zero-order valence-electron chi connectivity index (χ0n) is 11.5. The van der Waals surface area contributed by atoms with Gasteiger partial charge in [-0.05, 0) is 30.5 Å². The average molecular weight is 256 g/mol. The highest BCUT2D eigenvalue weighted by atomic mass is 15.1. The highest BCUT2D eigenvalue weighted by molar-refractivity contribution is 5.58. The van der Waals surface area contributed by atoms with E-state index in [0.717, 1.165) is 25.3 Å². The number of likely N-dealkylation sites (N-methyl/N-ethyl adjacent to an activating group) is 1. The Hall–Kier alpha value is -1.81. The van der Waals surface area contributed by atoms with Crippen LogP contribution in [-0.2, 0) is 19.5 Å². The Labute approximate surface area is 113 Å². The van der Waals surface area contributed by atoms with Gasteiger partial charge in [0.25, 0.3) is 0 Å². The summed E-state index contributed by atoms with van der Waals surface area (Å²) in [6, 6.07) is 6.78. The lowest BCUT2D eigenvalue weighted by molar-refractivity contribution is 0.690. The van der Waals surface area contributed by atoms with Crippen molar-refractivity contribution >= 4 is 5.69 Å². The normalized spacial score (nSPS) is 13.9. The zero-order valence-corrected chi connectivity index (χ0v) is 11.5. The fraction of sp³-hybridized carbons (Fsp3) is 0.400. The number of hydrogen-bond acceptors (Lipinski definition) is 3. The van der Waals surface area contributed by atoms with Crippen molar-refractivity contribution in [1.29, 1.82) is 0 Å². The summed E-state index contributed by atoms with van der Waals surface area (Å²) in [5, 5.41) is 10.5. The number of aryl methyl sites for hydroxylation is 1. The number of benzene rings is 1. The molecule has 1 aliphatic heterocycles. The third kappa shape index (κ3) is 2.49. The maximum absolute atomic E-state index is 4.03. The number of rotatable bonds is 4. The molecule has 0 saturated carbocycles. The van der Waals surface area contributed by atoms with Gasteiger partial charge in [0.1, 0.15) is 0 Å². The maximum atomic E-state index is 4.03. The van der Waals surface area contributed by atoms with E-state index >= 15 is 0 Å². The molecule has 4 heteroatoms. The minimum absolute atomic E-state index is 0.860. The van der Waals surface area contributed by atoms with Gasteiger partial charge in [0.05, 0.1) is 6.20 Å². The molecule has 3 rings (SSSR count). The molecular weight excluding hydrogens is 236 g/mol. The molecule has 0 fully saturated rings. The smallest absolute Gasteiger partial charge is 0.0535 e. The predicted octanol–water partition coefficient (Wildman–Crippen LogP) is 2.00. The molecular formula is C15H20N4. The molecule has 0 atom stereocenters. The minimum atomic E-state index is 0.860. The lowest BCUT2D eigenvalue weighted by atomic mass is 10.1. The molecule has 19 heavy (non-hydrogen) atoms. The first-order valence-electron chi connectivity index (χ1n) is 6.76. The van der Waals surface area contributed by atoms with Gasteiger partial charge in [-0.2, -0.15) is 5.10 Å². The summed E-state index contributed by atoms with van der Waals surface area (Å²) in [6.07, 6.45) is 3.06. The molecule has 2 aromatic rings. The van der Waals surface area contributed by atoms with Crippen LogP contribution in [0.25, 0.3) is 0 Å². The number of hydrogen-bond donors (Lipinski definition) is 2. The summed E-state index contributed by atoms with van der Waals surface area (Å²) in [5.41, 5.74) is 6.59. The summed E-state index contributed by atoms with van der Waals surface area (Å²) in [7, 11) is 2.16. The number of aromatic nitrogens is 2. The van der Waals surface area contributed by atoms with Crippen molar-refractivity contribution in [1.82, 2.24) is 15.5 Å². The monoisotopic (exact) mass is 256 g/mol. The van der Waals surface area contributed by atoms with Crippen LogP contribution in [0.15, 0.2) is 24.4 Å². The second-order valence-electron chi connectivity index (χ2n) is 5.26. The van der Waals surface area contributed by atoms with Gasteiger partial charge in [0.2, 0.25) is 0 Å². The highest BCUT2D eigenvalue weighted by Gasteiger charge is 2.15. The van der Waals surface area contributed by atoms with Crippen molar-refractivity contribution in [2.75, 3.05) is 18.5 Å². The molecule has 4 nitrogen and oxygen atoms in total. The summed E-state index contributed by atoms with van der Waals surface area (Å²) >= 11 is 0. The lowest BCUT2D eigenvalue weighted by Crippen LogP contribution is -2.13. The maximum Gasteiger partial charge on any atom is 0.0535 e. The Bertz CT molecular complexity index is 573. The number of nitrogens with zero attached hydrogens (tertiary/aromatic N) is 2. The van der Waals surface area contributed by atoms with Crippen molar-refractivity contribution in [3.8, 4) is 0 Å². The summed E-state index contributed by atoms with van der Waals surface area (Å²) in [5.74, 6) is 0. The Morgan fingerprint density at radius 1 is 1.37 bits per heavy atom. The van der Waals surface area contributed by atoms with Crippen LogP contribution in [0.3, 0.4) is 0 Å². The lowest BCUT2D eigenvalue weighted by Gasteiger charge is -2.12. The van der Waals surface area contributed by atoms with Crippen LogP contribution in [0, 0.1) is 6.92 Å². The van der Waals surface area contributed by atoms with Crippen molar-refractivity contribution in [3.63, 3.8) is 0 Å². The molecule has 1 aliphatic rings. The number of anilines is 1. The van der Waals surface area contributed by atoms with Crippen molar-refractivity contribution in [2.24, 2.45) is 0 Å². The number of nitrogens with one attached hydrogen (secondary N) is 2. The van der Waals surface area contributed by atoms with Gasteiger partial charge in [-0.3, -0.25) is 5.10 Å². The van der Waals surface area contributed by atoms with Crippen molar-refractivity contribution in [3.05, 3.63) is 46.8 Å². The van der Waals surface area contributed by atoms with E-state index in [2.05, 4.69) is 52.6 Å². The Kier molecular flexibility index (Phi) is 3.25. The highest BCUT2D eigenvalue weighted by Crippen LogP contribution is 2.27. The van der Waals surface area contributed by atoms with Gasteiger partial charge in [-0.1, -0.05) is 12.1 Å². The summed E-state index contributed by atoms with van der Waals surface area (Å²) < 4.78 is 0. The summed E-state index contributed by atoms with van der Waals surface area (Å²) in [4.78, 5) is 2.32. The molecule has 2 heterocycles. The molecule has 0 spiro atoms. The minimum Gasteiger partial charge on any atom is -0.374 e. The summed E-state index contributed by atoms with van der Waals surface area (Å²) in [6.45, 7) is 4.95. The third-order valence-corrected chi connectivity index (χ3v) is 3.85. The largest absolute Gasteiger partial charge is 0.374 e. The van der Waals surface area contributed by atoms with Crippen LogP contribution < -0.4 is 10.2 Å². The van der Waals surface area contributed by atoms with Gasteiger partial charge >= 0.3 is 0 Å². The van der Waals surface area contributed by atoms with E-state index in [1.165, 1.54) is 28.8 Å². The second-order valence-corrected chi connectivity index (χ2v) is 5.26. The SMILES string of the molecule is Cc1[nH]ncc1CNCc1ccc2c(c1)CCN2C. The third-order valence-electron chi connectivity index (χ3n) is 3.85. The number of fused-ring (bicyclic) bond motifs is 1. The first-order valence-corrected chi connectivity index (χ1v) is 6.76. The van der Waals surface area contributed by atoms with Crippen LogP contribution in [0.2, 0.25) is 0 Å². The first-order chi connectivity index (χ1) is 9.24. The van der Waals surface area contributed by atoms with Gasteiger partial charge < -0.3 is 10.2 Å². The van der Waals surface area contributed by atoms with Crippen LogP contribution in [0.4, 0.5) is 5.69 Å². The van der Waals surface area contributed by atoms with Crippen LogP contribution >= 0.6 is 0 Å². The van der Waals surface area contributed by atoms with Crippen LogP contribution in [0.5, 0.6) is 0 Å². The Balaban J connectivity index is 1.60. The Morgan fingerprint density at radius 2 is 2.26 bits per heavy atom. The molecule has 0 saturated heterocycles. The standard InChI is InChI=1S/C15H20N4/c1-11-14(10-17-18-11)9-16-8-12-3-4-15-13(7-12)5-6-19(15)2/h3-4,7,10,16H,5-6,8-9H2,1-2H3,(H,17,18). The fourth-order valence-electron chi connectivity index (χ4n) is 2.63. The van der Waals surface area contributed by atoms with E-state index in [4.69, 9.17) is 0 Å². The molecule has 1 aromatic carbocycles. The van der Waals surface area contributed by atoms with Crippen LogP contribution in [-0.4, -0.2) is 23.8 Å².